The number of cyclic esters (lactones) is 1. The first-order valence-corrected chi connectivity index (χ1v) is 9.86. The molecule has 0 aromatic heterocycles. The summed E-state index contributed by atoms with van der Waals surface area (Å²) in [5.41, 5.74) is 0.828. The summed E-state index contributed by atoms with van der Waals surface area (Å²) >= 11 is 0. The quantitative estimate of drug-likeness (QED) is 0.580. The Morgan fingerprint density at radius 2 is 1.64 bits per heavy atom. The summed E-state index contributed by atoms with van der Waals surface area (Å²) in [4.78, 5) is 34.7. The molecule has 8 nitrogen and oxygen atoms in total. The van der Waals surface area contributed by atoms with Crippen molar-refractivity contribution in [3.63, 3.8) is 0 Å². The molecule has 1 heterocycles. The zero-order chi connectivity index (χ0) is 20.3. The number of sulfonamides is 1. The first kappa shape index (κ1) is 19.6. The van der Waals surface area contributed by atoms with Gasteiger partial charge >= 0.3 is 11.9 Å². The number of rotatable bonds is 6. The maximum Gasteiger partial charge on any atom is 0.347 e. The minimum Gasteiger partial charge on any atom is -0.463 e. The monoisotopic (exact) mass is 403 g/mol. The summed E-state index contributed by atoms with van der Waals surface area (Å²) in [5.74, 6) is -1.43. The van der Waals surface area contributed by atoms with E-state index in [1.54, 1.807) is 0 Å². The molecule has 9 heteroatoms. The predicted octanol–water partition coefficient (Wildman–Crippen LogP) is 2.16. The molecule has 1 saturated heterocycles. The van der Waals surface area contributed by atoms with Gasteiger partial charge in [0.05, 0.1) is 17.1 Å². The topological polar surface area (TPSA) is 116 Å². The molecule has 2 aromatic carbocycles. The van der Waals surface area contributed by atoms with Crippen LogP contribution in [0.4, 0.5) is 5.69 Å². The summed E-state index contributed by atoms with van der Waals surface area (Å²) in [6, 6.07) is 11.1. The number of Topliss-reactive ketones (excluding diaryl/α,β-unsaturated/α-hetero) is 1. The van der Waals surface area contributed by atoms with Gasteiger partial charge in [0, 0.05) is 17.7 Å². The predicted molar refractivity (Wildman–Crippen MR) is 98.5 cm³/mol. The van der Waals surface area contributed by atoms with Gasteiger partial charge < -0.3 is 9.47 Å². The number of esters is 2. The summed E-state index contributed by atoms with van der Waals surface area (Å²) in [6.07, 6.45) is -0.603. The van der Waals surface area contributed by atoms with Crippen molar-refractivity contribution in [1.29, 1.82) is 0 Å². The highest BCUT2D eigenvalue weighted by molar-refractivity contribution is 7.92. The molecule has 146 valence electrons. The second-order valence-corrected chi connectivity index (χ2v) is 7.80. The van der Waals surface area contributed by atoms with Gasteiger partial charge in [-0.05, 0) is 43.3 Å². The van der Waals surface area contributed by atoms with E-state index in [-0.39, 0.29) is 28.5 Å². The lowest BCUT2D eigenvalue weighted by Crippen LogP contribution is -2.22. The molecule has 1 fully saturated rings. The average Bonchev–Trinajstić information content (AvgIpc) is 3.06. The normalized spacial score (nSPS) is 16.3. The van der Waals surface area contributed by atoms with Gasteiger partial charge in [-0.15, -0.1) is 0 Å². The van der Waals surface area contributed by atoms with E-state index in [4.69, 9.17) is 9.47 Å². The van der Waals surface area contributed by atoms with E-state index in [1.807, 2.05) is 0 Å². The van der Waals surface area contributed by atoms with Crippen LogP contribution in [-0.2, 0) is 24.3 Å². The second kappa shape index (κ2) is 7.81. The lowest BCUT2D eigenvalue weighted by atomic mass is 10.2. The van der Waals surface area contributed by atoms with Crippen LogP contribution >= 0.6 is 0 Å². The van der Waals surface area contributed by atoms with Gasteiger partial charge in [0.1, 0.15) is 0 Å². The second-order valence-electron chi connectivity index (χ2n) is 6.11. The number of hydrogen-bond donors (Lipinski definition) is 1. The van der Waals surface area contributed by atoms with Gasteiger partial charge in [-0.3, -0.25) is 9.52 Å². The molecule has 0 radical (unpaired) electrons. The maximum atomic E-state index is 12.4. The van der Waals surface area contributed by atoms with Gasteiger partial charge in [-0.25, -0.2) is 18.0 Å². The van der Waals surface area contributed by atoms with Crippen LogP contribution in [-0.4, -0.2) is 38.9 Å². The van der Waals surface area contributed by atoms with Crippen LogP contribution in [0.15, 0.2) is 53.4 Å². The van der Waals surface area contributed by atoms with Crippen LogP contribution in [0.3, 0.4) is 0 Å². The molecular formula is C19H17NO7S. The van der Waals surface area contributed by atoms with Crippen molar-refractivity contribution < 1.29 is 32.3 Å². The number of ketones is 1. The fourth-order valence-corrected chi connectivity index (χ4v) is 3.60. The summed E-state index contributed by atoms with van der Waals surface area (Å²) in [7, 11) is -3.85. The number of hydrogen-bond acceptors (Lipinski definition) is 7. The van der Waals surface area contributed by atoms with E-state index in [1.165, 1.54) is 55.5 Å². The van der Waals surface area contributed by atoms with Crippen LogP contribution in [0.25, 0.3) is 0 Å². The maximum absolute atomic E-state index is 12.4. The van der Waals surface area contributed by atoms with E-state index in [0.717, 1.165) is 0 Å². The molecule has 3 rings (SSSR count). The minimum absolute atomic E-state index is 0.000678. The lowest BCUT2D eigenvalue weighted by Gasteiger charge is -2.10. The third-order valence-corrected chi connectivity index (χ3v) is 5.48. The van der Waals surface area contributed by atoms with Crippen molar-refractivity contribution in [3.8, 4) is 0 Å². The Morgan fingerprint density at radius 1 is 1.04 bits per heavy atom. The third kappa shape index (κ3) is 4.37. The molecule has 2 aromatic rings. The van der Waals surface area contributed by atoms with Crippen molar-refractivity contribution in [2.75, 3.05) is 11.3 Å². The number of carbonyl (C=O) groups is 3. The smallest absolute Gasteiger partial charge is 0.347 e. The van der Waals surface area contributed by atoms with Crippen LogP contribution in [0.2, 0.25) is 0 Å². The number of nitrogens with one attached hydrogen (secondary N) is 1. The van der Waals surface area contributed by atoms with Gasteiger partial charge in [0.25, 0.3) is 10.0 Å². The van der Waals surface area contributed by atoms with Gasteiger partial charge in [-0.2, -0.15) is 0 Å². The SMILES string of the molecule is CC(=O)c1ccc(S(=O)(=O)Nc2ccc(C(=O)O[C@H]3CCOC3=O)cc2)cc1. The molecule has 28 heavy (non-hydrogen) atoms. The fraction of sp³-hybridized carbons (Fsp3) is 0.211. The molecule has 1 aliphatic heterocycles. The lowest BCUT2D eigenvalue weighted by molar-refractivity contribution is -0.145. The molecule has 1 aliphatic rings. The first-order valence-electron chi connectivity index (χ1n) is 8.38. The molecule has 0 saturated carbocycles. The Hall–Kier alpha value is -3.20. The molecule has 0 amide bonds. The van der Waals surface area contributed by atoms with E-state index < -0.39 is 28.1 Å². The highest BCUT2D eigenvalue weighted by Gasteiger charge is 2.30. The Bertz CT molecular complexity index is 1010. The first-order chi connectivity index (χ1) is 13.3. The molecule has 1 N–H and O–H groups in total. The highest BCUT2D eigenvalue weighted by Crippen LogP contribution is 2.19. The molecule has 0 bridgehead atoms. The standard InChI is InChI=1S/C19H17NO7S/c1-12(21)13-4-8-16(9-5-13)28(24,25)20-15-6-2-14(3-7-15)18(22)27-17-10-11-26-19(17)23/h2-9,17,20H,10-11H2,1H3/t17-/m0/s1. The third-order valence-electron chi connectivity index (χ3n) is 4.08. The van der Waals surface area contributed by atoms with Gasteiger partial charge in [0.15, 0.2) is 5.78 Å². The van der Waals surface area contributed by atoms with Crippen molar-refractivity contribution in [2.45, 2.75) is 24.3 Å². The summed E-state index contributed by atoms with van der Waals surface area (Å²) in [6.45, 7) is 1.61. The largest absolute Gasteiger partial charge is 0.463 e. The number of anilines is 1. The van der Waals surface area contributed by atoms with Crippen LogP contribution in [0, 0.1) is 0 Å². The Balaban J connectivity index is 1.68. The molecular weight excluding hydrogens is 386 g/mol. The van der Waals surface area contributed by atoms with Crippen molar-refractivity contribution >= 4 is 33.4 Å². The molecule has 1 atom stereocenters. The van der Waals surface area contributed by atoms with Crippen LogP contribution in [0.5, 0.6) is 0 Å². The molecule has 0 spiro atoms. The zero-order valence-electron chi connectivity index (χ0n) is 14.9. The summed E-state index contributed by atoms with van der Waals surface area (Å²) in [5, 5.41) is 0. The van der Waals surface area contributed by atoms with E-state index in [2.05, 4.69) is 4.72 Å². The average molecular weight is 403 g/mol. The number of ether oxygens (including phenoxy) is 2. The Kier molecular flexibility index (Phi) is 5.46. The Morgan fingerprint density at radius 3 is 2.18 bits per heavy atom. The van der Waals surface area contributed by atoms with Crippen LogP contribution in [0.1, 0.15) is 34.1 Å². The van der Waals surface area contributed by atoms with Gasteiger partial charge in [-0.1, -0.05) is 12.1 Å². The van der Waals surface area contributed by atoms with Crippen molar-refractivity contribution in [3.05, 3.63) is 59.7 Å². The number of carbonyl (C=O) groups excluding carboxylic acids is 3. The number of benzene rings is 2. The van der Waals surface area contributed by atoms with Crippen LogP contribution < -0.4 is 4.72 Å². The van der Waals surface area contributed by atoms with Gasteiger partial charge in [0.2, 0.25) is 6.10 Å². The van der Waals surface area contributed by atoms with Crippen molar-refractivity contribution in [1.82, 2.24) is 0 Å². The zero-order valence-corrected chi connectivity index (χ0v) is 15.7. The van der Waals surface area contributed by atoms with E-state index in [0.29, 0.717) is 12.0 Å². The fourth-order valence-electron chi connectivity index (χ4n) is 2.54. The van der Waals surface area contributed by atoms with E-state index >= 15 is 0 Å². The Labute approximate surface area is 161 Å². The minimum atomic E-state index is -3.85. The molecule has 0 unspecified atom stereocenters. The van der Waals surface area contributed by atoms with E-state index in [9.17, 15) is 22.8 Å². The molecule has 0 aliphatic carbocycles. The van der Waals surface area contributed by atoms with Crippen molar-refractivity contribution in [2.24, 2.45) is 0 Å². The summed E-state index contributed by atoms with van der Waals surface area (Å²) < 4.78 is 37.0. The highest BCUT2D eigenvalue weighted by atomic mass is 32.2.